The van der Waals surface area contributed by atoms with Crippen LogP contribution in [0, 0.1) is 12.8 Å². The van der Waals surface area contributed by atoms with E-state index in [1.807, 2.05) is 37.3 Å². The molecule has 2 heterocycles. The molecule has 0 bridgehead atoms. The summed E-state index contributed by atoms with van der Waals surface area (Å²) < 4.78 is 5.91. The second-order valence-electron chi connectivity index (χ2n) is 10.5. The summed E-state index contributed by atoms with van der Waals surface area (Å²) in [6.07, 6.45) is 10.2. The Hall–Kier alpha value is -3.26. The first-order chi connectivity index (χ1) is 17.3. The number of aliphatic hydroxyl groups is 1. The first-order valence-electron chi connectivity index (χ1n) is 12.9. The van der Waals surface area contributed by atoms with Crippen molar-refractivity contribution >= 4 is 11.7 Å². The molecule has 192 valence electrons. The molecule has 0 radical (unpaired) electrons. The molecule has 1 aromatic carbocycles. The molecule has 4 rings (SSSR count). The number of hydrogen-bond donors (Lipinski definition) is 3. The van der Waals surface area contributed by atoms with Crippen molar-refractivity contribution in [2.45, 2.75) is 77.7 Å². The Balaban J connectivity index is 1.39. The van der Waals surface area contributed by atoms with Crippen LogP contribution in [0.4, 0.5) is 5.82 Å². The van der Waals surface area contributed by atoms with Crippen LogP contribution in [0.25, 0.3) is 11.1 Å². The van der Waals surface area contributed by atoms with Crippen molar-refractivity contribution in [1.29, 1.82) is 0 Å². The van der Waals surface area contributed by atoms with Gasteiger partial charge in [-0.3, -0.25) is 4.79 Å². The molecule has 3 N–H and O–H groups in total. The van der Waals surface area contributed by atoms with Gasteiger partial charge < -0.3 is 20.1 Å². The number of nitrogens with zero attached hydrogens (tertiary/aromatic N) is 3. The largest absolute Gasteiger partial charge is 0.494 e. The number of aromatic nitrogens is 4. The van der Waals surface area contributed by atoms with Crippen LogP contribution in [0.1, 0.15) is 80.8 Å². The van der Waals surface area contributed by atoms with E-state index in [1.54, 1.807) is 20.0 Å². The van der Waals surface area contributed by atoms with Crippen molar-refractivity contribution in [3.8, 4) is 16.9 Å². The number of H-pyrrole nitrogens is 1. The molecule has 1 aliphatic rings. The molecule has 1 fully saturated rings. The number of carbonyl (C=O) groups excluding carboxylic acids is 1. The smallest absolute Gasteiger partial charge is 0.294 e. The van der Waals surface area contributed by atoms with Crippen LogP contribution in [0.5, 0.6) is 5.75 Å². The van der Waals surface area contributed by atoms with Gasteiger partial charge in [-0.15, -0.1) is 10.2 Å². The molecule has 36 heavy (non-hydrogen) atoms. The van der Waals surface area contributed by atoms with Gasteiger partial charge in [-0.2, -0.15) is 0 Å². The zero-order valence-electron chi connectivity index (χ0n) is 21.5. The number of pyridine rings is 1. The van der Waals surface area contributed by atoms with Crippen LogP contribution in [0.3, 0.4) is 0 Å². The Bertz CT molecular complexity index is 1160. The average molecular weight is 492 g/mol. The minimum atomic E-state index is -0.692. The number of amides is 1. The van der Waals surface area contributed by atoms with Gasteiger partial charge in [0.25, 0.3) is 5.91 Å². The minimum absolute atomic E-state index is 0.200. The van der Waals surface area contributed by atoms with Gasteiger partial charge in [-0.05, 0) is 80.5 Å². The number of benzene rings is 1. The van der Waals surface area contributed by atoms with Gasteiger partial charge in [0.1, 0.15) is 17.4 Å². The van der Waals surface area contributed by atoms with E-state index in [0.717, 1.165) is 41.1 Å². The topological polar surface area (TPSA) is 113 Å². The number of hydrogen-bond acceptors (Lipinski definition) is 6. The van der Waals surface area contributed by atoms with Crippen molar-refractivity contribution in [3.63, 3.8) is 0 Å². The average Bonchev–Trinajstić information content (AvgIpc) is 3.32. The van der Waals surface area contributed by atoms with Gasteiger partial charge in [-0.25, -0.2) is 4.98 Å². The molecule has 0 aliphatic heterocycles. The number of rotatable bonds is 10. The molecule has 1 aliphatic carbocycles. The van der Waals surface area contributed by atoms with Crippen LogP contribution in [-0.4, -0.2) is 43.4 Å². The fourth-order valence-corrected chi connectivity index (χ4v) is 4.69. The number of carbonyl (C=O) groups is 1. The number of anilines is 1. The monoisotopic (exact) mass is 491 g/mol. The van der Waals surface area contributed by atoms with E-state index in [-0.39, 0.29) is 11.7 Å². The van der Waals surface area contributed by atoms with Gasteiger partial charge in [0.2, 0.25) is 5.82 Å². The predicted molar refractivity (Wildman–Crippen MR) is 140 cm³/mol. The quantitative estimate of drug-likeness (QED) is 0.324. The van der Waals surface area contributed by atoms with Crippen LogP contribution in [0.15, 0.2) is 36.5 Å². The van der Waals surface area contributed by atoms with Crippen molar-refractivity contribution in [3.05, 3.63) is 53.7 Å². The van der Waals surface area contributed by atoms with Crippen LogP contribution in [0.2, 0.25) is 0 Å². The normalized spacial score (nSPS) is 14.6. The number of nitrogens with one attached hydrogen (secondary N) is 2. The lowest BCUT2D eigenvalue weighted by Crippen LogP contribution is -2.19. The number of aromatic amines is 1. The first-order valence-corrected chi connectivity index (χ1v) is 12.9. The Morgan fingerprint density at radius 3 is 2.75 bits per heavy atom. The van der Waals surface area contributed by atoms with Gasteiger partial charge in [0.15, 0.2) is 0 Å². The molecule has 0 unspecified atom stereocenters. The fraction of sp³-hybridized carbons (Fsp3) is 0.500. The molecule has 0 atom stereocenters. The molecule has 8 nitrogen and oxygen atoms in total. The molecular weight excluding hydrogens is 454 g/mol. The maximum absolute atomic E-state index is 12.8. The van der Waals surface area contributed by atoms with Crippen molar-refractivity contribution in [1.82, 2.24) is 20.2 Å². The summed E-state index contributed by atoms with van der Waals surface area (Å²) in [6, 6.07) is 9.71. The highest BCUT2D eigenvalue weighted by Gasteiger charge is 2.18. The fourth-order valence-electron chi connectivity index (χ4n) is 4.69. The van der Waals surface area contributed by atoms with Gasteiger partial charge in [0.05, 0.1) is 12.2 Å². The zero-order valence-corrected chi connectivity index (χ0v) is 21.5. The zero-order chi connectivity index (χ0) is 25.5. The Morgan fingerprint density at radius 1 is 1.17 bits per heavy atom. The van der Waals surface area contributed by atoms with Crippen LogP contribution < -0.4 is 10.1 Å². The molecule has 0 spiro atoms. The van der Waals surface area contributed by atoms with Crippen LogP contribution >= 0.6 is 0 Å². The third kappa shape index (κ3) is 7.37. The first kappa shape index (κ1) is 25.8. The third-order valence-electron chi connectivity index (χ3n) is 6.68. The lowest BCUT2D eigenvalue weighted by molar-refractivity contribution is 0.0641. The van der Waals surface area contributed by atoms with E-state index in [9.17, 15) is 9.90 Å². The highest BCUT2D eigenvalue weighted by atomic mass is 16.5. The van der Waals surface area contributed by atoms with Crippen molar-refractivity contribution in [2.75, 3.05) is 11.9 Å². The molecule has 0 saturated heterocycles. The Kier molecular flexibility index (Phi) is 8.36. The highest BCUT2D eigenvalue weighted by molar-refractivity contribution is 6.01. The lowest BCUT2D eigenvalue weighted by Gasteiger charge is -2.19. The maximum Gasteiger partial charge on any atom is 0.294 e. The summed E-state index contributed by atoms with van der Waals surface area (Å²) >= 11 is 0. The van der Waals surface area contributed by atoms with Crippen molar-refractivity contribution < 1.29 is 14.6 Å². The van der Waals surface area contributed by atoms with E-state index in [0.29, 0.717) is 24.8 Å². The third-order valence-corrected chi connectivity index (χ3v) is 6.68. The number of aryl methyl sites for hydroxylation is 1. The molecule has 1 amide bonds. The highest BCUT2D eigenvalue weighted by Crippen LogP contribution is 2.29. The van der Waals surface area contributed by atoms with Crippen LogP contribution in [-0.2, 0) is 6.42 Å². The number of ether oxygens (including phenoxy) is 1. The second kappa shape index (κ2) is 11.6. The lowest BCUT2D eigenvalue weighted by atomic mass is 9.87. The summed E-state index contributed by atoms with van der Waals surface area (Å²) in [5.41, 5.74) is 2.32. The van der Waals surface area contributed by atoms with E-state index in [4.69, 9.17) is 4.74 Å². The summed E-state index contributed by atoms with van der Waals surface area (Å²) in [4.78, 5) is 20.2. The van der Waals surface area contributed by atoms with E-state index < -0.39 is 5.60 Å². The summed E-state index contributed by atoms with van der Waals surface area (Å²) in [5.74, 6) is 2.43. The van der Waals surface area contributed by atoms with Gasteiger partial charge >= 0.3 is 0 Å². The molecular formula is C28H37N5O3. The molecule has 3 aromatic rings. The van der Waals surface area contributed by atoms with E-state index >= 15 is 0 Å². The van der Waals surface area contributed by atoms with E-state index in [1.165, 1.54) is 32.1 Å². The SMILES string of the molecule is Cc1ccc(OCCCC(C)(C)O)cc1-c1ccnc(NC(=O)c2nnc(CC3CCCCC3)[nH]2)c1. The van der Waals surface area contributed by atoms with Gasteiger partial charge in [-0.1, -0.05) is 38.2 Å². The second-order valence-corrected chi connectivity index (χ2v) is 10.5. The Labute approximate surface area is 212 Å². The van der Waals surface area contributed by atoms with Gasteiger partial charge in [0, 0.05) is 12.6 Å². The standard InChI is InChI=1S/C28H37N5O3/c1-19-10-11-22(36-15-7-13-28(2,3)35)18-23(19)21-12-14-29-24(17-21)31-27(34)26-30-25(32-33-26)16-20-8-5-4-6-9-20/h10-12,14,17-18,20,35H,4-9,13,15-16H2,1-3H3,(H,29,31,34)(H,30,32,33). The predicted octanol–water partition coefficient (Wildman–Crippen LogP) is 5.48. The Morgan fingerprint density at radius 2 is 1.97 bits per heavy atom. The summed E-state index contributed by atoms with van der Waals surface area (Å²) in [5, 5.41) is 21.0. The summed E-state index contributed by atoms with van der Waals surface area (Å²) in [6.45, 7) is 6.17. The molecule has 2 aromatic heterocycles. The summed E-state index contributed by atoms with van der Waals surface area (Å²) in [7, 11) is 0. The van der Waals surface area contributed by atoms with Crippen molar-refractivity contribution in [2.24, 2.45) is 5.92 Å². The molecule has 1 saturated carbocycles. The molecule has 8 heteroatoms. The maximum atomic E-state index is 12.8. The minimum Gasteiger partial charge on any atom is -0.494 e. The van der Waals surface area contributed by atoms with E-state index in [2.05, 4.69) is 25.5 Å².